The van der Waals surface area contributed by atoms with Gasteiger partial charge in [-0.05, 0) is 45.6 Å². The van der Waals surface area contributed by atoms with E-state index in [4.69, 9.17) is 27.7 Å². The molecule has 0 saturated heterocycles. The fourth-order valence-corrected chi connectivity index (χ4v) is 2.83. The zero-order valence-corrected chi connectivity index (χ0v) is 19.9. The standard InChI is InChI=1S/C19H38N8O5S/c1-2-32-15(28)10-25-17(30)13(6-3-4-8-20)27-18(31)14(7-5-9-24-19(22)23)26-16(29)12(21)11-33/h12-14,33H,2-11,20-21H2,1H3,(H,25,30)(H,26,29)(H,27,31)(H4,22,23,24)/t12-,13-,14-/m0/s1. The molecule has 0 spiro atoms. The van der Waals surface area contributed by atoms with Crippen molar-refractivity contribution in [3.63, 3.8) is 0 Å². The number of guanidine groups is 1. The summed E-state index contributed by atoms with van der Waals surface area (Å²) in [5.74, 6) is -2.28. The molecule has 14 heteroatoms. The first-order chi connectivity index (χ1) is 15.7. The Morgan fingerprint density at radius 3 is 2.15 bits per heavy atom. The van der Waals surface area contributed by atoms with Crippen LogP contribution in [0.25, 0.3) is 0 Å². The fraction of sp³-hybridized carbons (Fsp3) is 0.737. The molecule has 0 aromatic carbocycles. The zero-order valence-electron chi connectivity index (χ0n) is 19.0. The minimum Gasteiger partial charge on any atom is -0.465 e. The van der Waals surface area contributed by atoms with Crippen molar-refractivity contribution in [2.24, 2.45) is 27.9 Å². The lowest BCUT2D eigenvalue weighted by molar-refractivity contribution is -0.143. The van der Waals surface area contributed by atoms with Gasteiger partial charge in [-0.25, -0.2) is 0 Å². The van der Waals surface area contributed by atoms with Crippen molar-refractivity contribution in [1.82, 2.24) is 16.0 Å². The number of ether oxygens (including phenoxy) is 1. The van der Waals surface area contributed by atoms with E-state index in [2.05, 4.69) is 33.6 Å². The van der Waals surface area contributed by atoms with E-state index in [1.54, 1.807) is 6.92 Å². The van der Waals surface area contributed by atoms with Crippen molar-refractivity contribution < 1.29 is 23.9 Å². The molecule has 3 atom stereocenters. The van der Waals surface area contributed by atoms with Crippen molar-refractivity contribution in [2.45, 2.75) is 57.2 Å². The number of nitrogens with two attached hydrogens (primary N) is 4. The monoisotopic (exact) mass is 490 g/mol. The third-order valence-electron chi connectivity index (χ3n) is 4.40. The molecule has 0 aliphatic carbocycles. The van der Waals surface area contributed by atoms with E-state index in [0.29, 0.717) is 32.2 Å². The van der Waals surface area contributed by atoms with Gasteiger partial charge >= 0.3 is 5.97 Å². The first kappa shape index (κ1) is 30.4. The van der Waals surface area contributed by atoms with Crippen molar-refractivity contribution >= 4 is 42.3 Å². The number of rotatable bonds is 17. The third kappa shape index (κ3) is 14.2. The van der Waals surface area contributed by atoms with Gasteiger partial charge in [-0.15, -0.1) is 0 Å². The number of aliphatic imine (C=N–C) groups is 1. The summed E-state index contributed by atoms with van der Waals surface area (Å²) in [5, 5.41) is 7.66. The quantitative estimate of drug-likeness (QED) is 0.0342. The molecule has 0 saturated carbocycles. The van der Waals surface area contributed by atoms with Gasteiger partial charge in [-0.2, -0.15) is 12.6 Å². The number of thiol groups is 1. The van der Waals surface area contributed by atoms with Gasteiger partial charge in [0.05, 0.1) is 12.6 Å². The van der Waals surface area contributed by atoms with Gasteiger partial charge in [-0.1, -0.05) is 0 Å². The number of hydrogen-bond acceptors (Lipinski definition) is 9. The lowest BCUT2D eigenvalue weighted by atomic mass is 10.1. The van der Waals surface area contributed by atoms with E-state index in [-0.39, 0.29) is 37.8 Å². The number of unbranched alkanes of at least 4 members (excludes halogenated alkanes) is 1. The van der Waals surface area contributed by atoms with Crippen LogP contribution < -0.4 is 38.9 Å². The zero-order chi connectivity index (χ0) is 25.2. The minimum absolute atomic E-state index is 0.0876. The van der Waals surface area contributed by atoms with Gasteiger partial charge < -0.3 is 43.6 Å². The van der Waals surface area contributed by atoms with Crippen LogP contribution in [0.4, 0.5) is 0 Å². The molecule has 0 aromatic heterocycles. The predicted molar refractivity (Wildman–Crippen MR) is 128 cm³/mol. The maximum atomic E-state index is 12.9. The highest BCUT2D eigenvalue weighted by atomic mass is 32.1. The number of carbonyl (C=O) groups is 4. The molecule has 0 aromatic rings. The number of nitrogens with one attached hydrogen (secondary N) is 3. The van der Waals surface area contributed by atoms with Crippen LogP contribution in [0.2, 0.25) is 0 Å². The van der Waals surface area contributed by atoms with Crippen LogP contribution in [0, 0.1) is 0 Å². The molecule has 0 aliphatic heterocycles. The average Bonchev–Trinajstić information content (AvgIpc) is 2.77. The van der Waals surface area contributed by atoms with Crippen LogP contribution in [-0.2, 0) is 23.9 Å². The van der Waals surface area contributed by atoms with Crippen molar-refractivity contribution in [3.05, 3.63) is 0 Å². The molecule has 33 heavy (non-hydrogen) atoms. The highest BCUT2D eigenvalue weighted by molar-refractivity contribution is 7.80. The normalized spacial score (nSPS) is 13.2. The summed E-state index contributed by atoms with van der Waals surface area (Å²) in [4.78, 5) is 53.1. The average molecular weight is 491 g/mol. The lowest BCUT2D eigenvalue weighted by Gasteiger charge is -2.24. The Morgan fingerprint density at radius 2 is 1.58 bits per heavy atom. The van der Waals surface area contributed by atoms with Crippen LogP contribution >= 0.6 is 12.6 Å². The summed E-state index contributed by atoms with van der Waals surface area (Å²) in [6, 6.07) is -2.82. The molecule has 0 radical (unpaired) electrons. The molecular formula is C19H38N8O5S. The maximum Gasteiger partial charge on any atom is 0.325 e. The molecule has 0 rings (SSSR count). The second kappa shape index (κ2) is 17.9. The first-order valence-corrected chi connectivity index (χ1v) is 11.4. The van der Waals surface area contributed by atoms with Crippen molar-refractivity contribution in [3.8, 4) is 0 Å². The molecule has 190 valence electrons. The summed E-state index contributed by atoms with van der Waals surface area (Å²) in [6.07, 6.45) is 2.10. The number of esters is 1. The molecule has 0 unspecified atom stereocenters. The molecular weight excluding hydrogens is 452 g/mol. The largest absolute Gasteiger partial charge is 0.465 e. The van der Waals surface area contributed by atoms with Crippen LogP contribution in [-0.4, -0.2) is 79.8 Å². The van der Waals surface area contributed by atoms with E-state index >= 15 is 0 Å². The number of nitrogens with zero attached hydrogens (tertiary/aromatic N) is 1. The van der Waals surface area contributed by atoms with Crippen molar-refractivity contribution in [1.29, 1.82) is 0 Å². The van der Waals surface area contributed by atoms with Crippen LogP contribution in [0.3, 0.4) is 0 Å². The molecule has 13 nitrogen and oxygen atoms in total. The van der Waals surface area contributed by atoms with Crippen LogP contribution in [0.1, 0.15) is 39.0 Å². The van der Waals surface area contributed by atoms with Gasteiger partial charge in [0, 0.05) is 12.3 Å². The highest BCUT2D eigenvalue weighted by Crippen LogP contribution is 2.05. The van der Waals surface area contributed by atoms with Crippen LogP contribution in [0.15, 0.2) is 4.99 Å². The Kier molecular flexibility index (Phi) is 16.5. The third-order valence-corrected chi connectivity index (χ3v) is 4.80. The highest BCUT2D eigenvalue weighted by Gasteiger charge is 2.27. The Hall–Kier alpha value is -2.58. The smallest absolute Gasteiger partial charge is 0.325 e. The van der Waals surface area contributed by atoms with Gasteiger partial charge in [0.25, 0.3) is 0 Å². The Morgan fingerprint density at radius 1 is 0.970 bits per heavy atom. The first-order valence-electron chi connectivity index (χ1n) is 10.8. The van der Waals surface area contributed by atoms with Gasteiger partial charge in [-0.3, -0.25) is 24.2 Å². The minimum atomic E-state index is -0.979. The second-order valence-electron chi connectivity index (χ2n) is 7.17. The van der Waals surface area contributed by atoms with E-state index < -0.39 is 41.8 Å². The molecule has 0 bridgehead atoms. The molecule has 0 fully saturated rings. The van der Waals surface area contributed by atoms with Gasteiger partial charge in [0.15, 0.2) is 5.96 Å². The number of carbonyl (C=O) groups excluding carboxylic acids is 4. The summed E-state index contributed by atoms with van der Waals surface area (Å²) in [6.45, 7) is 2.18. The van der Waals surface area contributed by atoms with E-state index in [0.717, 1.165) is 0 Å². The summed E-state index contributed by atoms with van der Waals surface area (Å²) >= 11 is 3.99. The predicted octanol–water partition coefficient (Wildman–Crippen LogP) is -2.92. The van der Waals surface area contributed by atoms with Gasteiger partial charge in [0.1, 0.15) is 18.6 Å². The topological polar surface area (TPSA) is 230 Å². The van der Waals surface area contributed by atoms with Gasteiger partial charge in [0.2, 0.25) is 17.7 Å². The fourth-order valence-electron chi connectivity index (χ4n) is 2.66. The Balaban J connectivity index is 5.28. The van der Waals surface area contributed by atoms with Crippen molar-refractivity contribution in [2.75, 3.05) is 32.0 Å². The Bertz CT molecular complexity index is 660. The summed E-state index contributed by atoms with van der Waals surface area (Å²) in [7, 11) is 0. The van der Waals surface area contributed by atoms with Crippen LogP contribution in [0.5, 0.6) is 0 Å². The molecule has 0 heterocycles. The SMILES string of the molecule is CCOC(=O)CNC(=O)[C@H](CCCCN)NC(=O)[C@H](CCCN=C(N)N)NC(=O)[C@@H](N)CS. The Labute approximate surface area is 199 Å². The molecule has 0 aliphatic rings. The summed E-state index contributed by atoms with van der Waals surface area (Å²) in [5.41, 5.74) is 21.8. The molecule has 3 amide bonds. The van der Waals surface area contributed by atoms with E-state index in [1.807, 2.05) is 0 Å². The molecule has 11 N–H and O–H groups in total. The lowest BCUT2D eigenvalue weighted by Crippen LogP contribution is -2.56. The number of hydrogen-bond donors (Lipinski definition) is 8. The summed E-state index contributed by atoms with van der Waals surface area (Å²) < 4.78 is 4.79. The van der Waals surface area contributed by atoms with E-state index in [1.165, 1.54) is 0 Å². The maximum absolute atomic E-state index is 12.9. The second-order valence-corrected chi connectivity index (χ2v) is 7.53. The number of amides is 3. The van der Waals surface area contributed by atoms with E-state index in [9.17, 15) is 19.2 Å².